The first-order chi connectivity index (χ1) is 5.49. The number of hydrogen-bond acceptors (Lipinski definition) is 2. The van der Waals surface area contributed by atoms with Crippen molar-refractivity contribution in [2.75, 3.05) is 14.1 Å². The van der Waals surface area contributed by atoms with Gasteiger partial charge in [-0.1, -0.05) is 20.8 Å². The highest BCUT2D eigenvalue weighted by molar-refractivity contribution is 5.83. The number of hydrogen-bond donors (Lipinski definition) is 0. The lowest BCUT2D eigenvalue weighted by atomic mass is 9.98. The Labute approximate surface area is 75.9 Å². The normalized spacial score (nSPS) is 13.9. The lowest BCUT2D eigenvalue weighted by Gasteiger charge is -2.24. The molecule has 0 bridgehead atoms. The molecule has 0 radical (unpaired) electrons. The van der Waals surface area contributed by atoms with Gasteiger partial charge in [-0.3, -0.25) is 9.69 Å². The SMILES string of the molecule is CCC(=O)C(CC(C)C)N(C)C. The maximum atomic E-state index is 11.4. The van der Waals surface area contributed by atoms with Gasteiger partial charge in [0.1, 0.15) is 5.78 Å². The number of carbonyl (C=O) groups is 1. The molecule has 0 aliphatic heterocycles. The summed E-state index contributed by atoms with van der Waals surface area (Å²) in [6.07, 6.45) is 1.62. The summed E-state index contributed by atoms with van der Waals surface area (Å²) < 4.78 is 0. The first-order valence-corrected chi connectivity index (χ1v) is 4.68. The minimum Gasteiger partial charge on any atom is -0.300 e. The number of carbonyl (C=O) groups excluding carboxylic acids is 1. The second kappa shape index (κ2) is 5.31. The fraction of sp³-hybridized carbons (Fsp3) is 0.900. The molecular formula is C10H21NO. The van der Waals surface area contributed by atoms with Crippen LogP contribution in [0.2, 0.25) is 0 Å². The van der Waals surface area contributed by atoms with E-state index in [9.17, 15) is 4.79 Å². The molecule has 0 aliphatic rings. The van der Waals surface area contributed by atoms with Gasteiger partial charge in [0.2, 0.25) is 0 Å². The third-order valence-electron chi connectivity index (χ3n) is 2.04. The first-order valence-electron chi connectivity index (χ1n) is 4.68. The van der Waals surface area contributed by atoms with Gasteiger partial charge in [-0.15, -0.1) is 0 Å². The van der Waals surface area contributed by atoms with Crippen LogP contribution in [0.5, 0.6) is 0 Å². The second-order valence-electron chi connectivity index (χ2n) is 3.93. The molecule has 2 heteroatoms. The third kappa shape index (κ3) is 3.86. The van der Waals surface area contributed by atoms with Crippen molar-refractivity contribution in [2.24, 2.45) is 5.92 Å². The highest BCUT2D eigenvalue weighted by atomic mass is 16.1. The van der Waals surface area contributed by atoms with Crippen LogP contribution in [-0.4, -0.2) is 30.8 Å². The van der Waals surface area contributed by atoms with Crippen molar-refractivity contribution in [3.8, 4) is 0 Å². The molecule has 0 N–H and O–H groups in total. The van der Waals surface area contributed by atoms with Crippen LogP contribution in [0.25, 0.3) is 0 Å². The van der Waals surface area contributed by atoms with E-state index in [1.807, 2.05) is 25.9 Å². The number of Topliss-reactive ketones (excluding diaryl/α,β-unsaturated/α-hetero) is 1. The van der Waals surface area contributed by atoms with E-state index in [0.29, 0.717) is 18.1 Å². The largest absolute Gasteiger partial charge is 0.300 e. The molecule has 0 spiro atoms. The third-order valence-corrected chi connectivity index (χ3v) is 2.04. The Morgan fingerprint density at radius 3 is 2.08 bits per heavy atom. The van der Waals surface area contributed by atoms with E-state index in [4.69, 9.17) is 0 Å². The molecule has 0 aliphatic carbocycles. The zero-order valence-electron chi connectivity index (χ0n) is 8.92. The molecule has 0 saturated carbocycles. The fourth-order valence-electron chi connectivity index (χ4n) is 1.31. The van der Waals surface area contributed by atoms with Gasteiger partial charge in [-0.05, 0) is 26.4 Å². The molecule has 12 heavy (non-hydrogen) atoms. The maximum absolute atomic E-state index is 11.4. The van der Waals surface area contributed by atoms with Gasteiger partial charge in [0.25, 0.3) is 0 Å². The molecule has 1 atom stereocenters. The van der Waals surface area contributed by atoms with E-state index in [1.165, 1.54) is 0 Å². The second-order valence-corrected chi connectivity index (χ2v) is 3.93. The van der Waals surface area contributed by atoms with Crippen molar-refractivity contribution >= 4 is 5.78 Å². The fourth-order valence-corrected chi connectivity index (χ4v) is 1.31. The summed E-state index contributed by atoms with van der Waals surface area (Å²) in [5.74, 6) is 0.946. The molecule has 0 aromatic rings. The zero-order valence-corrected chi connectivity index (χ0v) is 8.92. The summed E-state index contributed by atoms with van der Waals surface area (Å²) in [7, 11) is 3.95. The van der Waals surface area contributed by atoms with Gasteiger partial charge in [-0.25, -0.2) is 0 Å². The van der Waals surface area contributed by atoms with E-state index >= 15 is 0 Å². The first kappa shape index (κ1) is 11.6. The average Bonchev–Trinajstić information content (AvgIpc) is 1.98. The molecule has 0 rings (SSSR count). The zero-order chi connectivity index (χ0) is 9.72. The van der Waals surface area contributed by atoms with Crippen molar-refractivity contribution in [2.45, 2.75) is 39.7 Å². The van der Waals surface area contributed by atoms with Crippen LogP contribution < -0.4 is 0 Å². The van der Waals surface area contributed by atoms with Crippen molar-refractivity contribution in [1.82, 2.24) is 4.90 Å². The van der Waals surface area contributed by atoms with Crippen LogP contribution >= 0.6 is 0 Å². The van der Waals surface area contributed by atoms with Gasteiger partial charge in [-0.2, -0.15) is 0 Å². The van der Waals surface area contributed by atoms with Crippen LogP contribution in [-0.2, 0) is 4.79 Å². The molecule has 0 fully saturated rings. The van der Waals surface area contributed by atoms with Crippen LogP contribution in [0.1, 0.15) is 33.6 Å². The summed E-state index contributed by atoms with van der Waals surface area (Å²) in [4.78, 5) is 13.5. The molecule has 1 unspecified atom stereocenters. The maximum Gasteiger partial charge on any atom is 0.149 e. The molecule has 0 aromatic carbocycles. The van der Waals surface area contributed by atoms with Crippen molar-refractivity contribution < 1.29 is 4.79 Å². The van der Waals surface area contributed by atoms with Crippen molar-refractivity contribution in [1.29, 1.82) is 0 Å². The minimum absolute atomic E-state index is 0.120. The lowest BCUT2D eigenvalue weighted by Crippen LogP contribution is -2.36. The van der Waals surface area contributed by atoms with Gasteiger partial charge in [0.05, 0.1) is 6.04 Å². The summed E-state index contributed by atoms with van der Waals surface area (Å²) in [6.45, 7) is 6.23. The van der Waals surface area contributed by atoms with Gasteiger partial charge < -0.3 is 0 Å². The number of rotatable bonds is 5. The highest BCUT2D eigenvalue weighted by Crippen LogP contribution is 2.11. The smallest absolute Gasteiger partial charge is 0.149 e. The van der Waals surface area contributed by atoms with Gasteiger partial charge in [0.15, 0.2) is 0 Å². The summed E-state index contributed by atoms with van der Waals surface area (Å²) >= 11 is 0. The monoisotopic (exact) mass is 171 g/mol. The molecule has 0 amide bonds. The average molecular weight is 171 g/mol. The Kier molecular flexibility index (Phi) is 5.14. The predicted octanol–water partition coefficient (Wildman–Crippen LogP) is 1.94. The van der Waals surface area contributed by atoms with E-state index in [1.54, 1.807) is 0 Å². The minimum atomic E-state index is 0.120. The number of likely N-dealkylation sites (N-methyl/N-ethyl adjacent to an activating group) is 1. The van der Waals surface area contributed by atoms with Crippen LogP contribution in [0.15, 0.2) is 0 Å². The molecule has 0 heterocycles. The van der Waals surface area contributed by atoms with E-state index in [0.717, 1.165) is 6.42 Å². The Balaban J connectivity index is 4.13. The number of ketones is 1. The van der Waals surface area contributed by atoms with E-state index in [2.05, 4.69) is 13.8 Å². The molecule has 72 valence electrons. The van der Waals surface area contributed by atoms with Gasteiger partial charge in [0, 0.05) is 6.42 Å². The topological polar surface area (TPSA) is 20.3 Å². The summed E-state index contributed by atoms with van der Waals surface area (Å²) in [5, 5.41) is 0. The summed E-state index contributed by atoms with van der Waals surface area (Å²) in [5.41, 5.74) is 0. The predicted molar refractivity (Wildman–Crippen MR) is 52.2 cm³/mol. The van der Waals surface area contributed by atoms with Crippen LogP contribution in [0, 0.1) is 5.92 Å². The number of nitrogens with zero attached hydrogens (tertiary/aromatic N) is 1. The van der Waals surface area contributed by atoms with Crippen LogP contribution in [0.4, 0.5) is 0 Å². The van der Waals surface area contributed by atoms with Crippen LogP contribution in [0.3, 0.4) is 0 Å². The standard InChI is InChI=1S/C10H21NO/c1-6-10(12)9(11(4)5)7-8(2)3/h8-9H,6-7H2,1-5H3. The Morgan fingerprint density at radius 1 is 1.33 bits per heavy atom. The Bertz CT molecular complexity index is 141. The Morgan fingerprint density at radius 2 is 1.83 bits per heavy atom. The lowest BCUT2D eigenvalue weighted by molar-refractivity contribution is -0.123. The van der Waals surface area contributed by atoms with E-state index < -0.39 is 0 Å². The molecule has 0 aromatic heterocycles. The van der Waals surface area contributed by atoms with Crippen molar-refractivity contribution in [3.05, 3.63) is 0 Å². The Hall–Kier alpha value is -0.370. The van der Waals surface area contributed by atoms with E-state index in [-0.39, 0.29) is 6.04 Å². The van der Waals surface area contributed by atoms with Gasteiger partial charge >= 0.3 is 0 Å². The molecule has 2 nitrogen and oxygen atoms in total. The summed E-state index contributed by atoms with van der Waals surface area (Å²) in [6, 6.07) is 0.120. The molecule has 0 saturated heterocycles. The molecular weight excluding hydrogens is 150 g/mol. The van der Waals surface area contributed by atoms with Crippen molar-refractivity contribution in [3.63, 3.8) is 0 Å². The highest BCUT2D eigenvalue weighted by Gasteiger charge is 2.19. The quantitative estimate of drug-likeness (QED) is 0.630.